The first-order chi connectivity index (χ1) is 13.9. The number of nitrogens with one attached hydrogen (secondary N) is 1. The van der Waals surface area contributed by atoms with Gasteiger partial charge in [0.2, 0.25) is 16.4 Å². The first-order valence-corrected chi connectivity index (χ1v) is 12.3. The van der Waals surface area contributed by atoms with Gasteiger partial charge in [-0.3, -0.25) is 4.79 Å². The Morgan fingerprint density at radius 1 is 1.10 bits per heavy atom. The SMILES string of the molecule is CN1CCCCC(CS(=O)(=O)N2CCN(c3ccc(Cl)c(NC=O)c3)CC2)CC1. The van der Waals surface area contributed by atoms with E-state index in [-0.39, 0.29) is 11.7 Å². The number of carbonyl (C=O) groups excluding carboxylic acids is 1. The second kappa shape index (κ2) is 10.1. The fourth-order valence-corrected chi connectivity index (χ4v) is 6.18. The van der Waals surface area contributed by atoms with Crippen LogP contribution >= 0.6 is 11.6 Å². The van der Waals surface area contributed by atoms with Gasteiger partial charge in [0.15, 0.2) is 0 Å². The van der Waals surface area contributed by atoms with Crippen LogP contribution in [0.25, 0.3) is 0 Å². The van der Waals surface area contributed by atoms with Crippen molar-refractivity contribution in [3.63, 3.8) is 0 Å². The number of nitrogens with zero attached hydrogens (tertiary/aromatic N) is 3. The van der Waals surface area contributed by atoms with E-state index in [1.807, 2.05) is 12.1 Å². The number of anilines is 2. The minimum absolute atomic E-state index is 0.244. The summed E-state index contributed by atoms with van der Waals surface area (Å²) in [4.78, 5) is 15.2. The molecule has 0 radical (unpaired) electrons. The van der Waals surface area contributed by atoms with Crippen molar-refractivity contribution in [3.8, 4) is 0 Å². The van der Waals surface area contributed by atoms with Crippen LogP contribution in [0.1, 0.15) is 25.7 Å². The molecule has 1 atom stereocenters. The highest BCUT2D eigenvalue weighted by atomic mass is 35.5. The lowest BCUT2D eigenvalue weighted by Gasteiger charge is -2.36. The van der Waals surface area contributed by atoms with Gasteiger partial charge in [-0.1, -0.05) is 18.0 Å². The maximum Gasteiger partial charge on any atom is 0.214 e. The highest BCUT2D eigenvalue weighted by Gasteiger charge is 2.30. The predicted octanol–water partition coefficient (Wildman–Crippen LogP) is 2.48. The molecule has 3 rings (SSSR count). The number of likely N-dealkylation sites (tertiary alicyclic amines) is 1. The maximum atomic E-state index is 13.0. The zero-order valence-electron chi connectivity index (χ0n) is 17.0. The van der Waals surface area contributed by atoms with E-state index in [2.05, 4.69) is 22.2 Å². The Labute approximate surface area is 179 Å². The summed E-state index contributed by atoms with van der Waals surface area (Å²) in [5, 5.41) is 3.08. The predicted molar refractivity (Wildman–Crippen MR) is 118 cm³/mol. The van der Waals surface area contributed by atoms with Gasteiger partial charge < -0.3 is 15.1 Å². The summed E-state index contributed by atoms with van der Waals surface area (Å²) in [5.41, 5.74) is 1.49. The van der Waals surface area contributed by atoms with Gasteiger partial charge in [-0.05, 0) is 63.5 Å². The molecule has 2 heterocycles. The van der Waals surface area contributed by atoms with Crippen LogP contribution in [0, 0.1) is 5.92 Å². The first kappa shape index (κ1) is 22.3. The topological polar surface area (TPSA) is 73.0 Å². The van der Waals surface area contributed by atoms with E-state index >= 15 is 0 Å². The molecule has 162 valence electrons. The first-order valence-electron chi connectivity index (χ1n) is 10.3. The minimum Gasteiger partial charge on any atom is -0.369 e. The molecule has 0 saturated carbocycles. The van der Waals surface area contributed by atoms with Gasteiger partial charge in [-0.25, -0.2) is 8.42 Å². The Balaban J connectivity index is 1.58. The lowest BCUT2D eigenvalue weighted by molar-refractivity contribution is -0.105. The van der Waals surface area contributed by atoms with E-state index in [9.17, 15) is 13.2 Å². The number of hydrogen-bond donors (Lipinski definition) is 1. The number of rotatable bonds is 6. The van der Waals surface area contributed by atoms with Gasteiger partial charge in [0.1, 0.15) is 0 Å². The molecule has 1 unspecified atom stereocenters. The largest absolute Gasteiger partial charge is 0.369 e. The number of hydrogen-bond acceptors (Lipinski definition) is 5. The quantitative estimate of drug-likeness (QED) is 0.685. The molecule has 7 nitrogen and oxygen atoms in total. The molecule has 1 aromatic rings. The molecule has 1 amide bonds. The van der Waals surface area contributed by atoms with E-state index in [4.69, 9.17) is 11.6 Å². The zero-order chi connectivity index (χ0) is 20.9. The average Bonchev–Trinajstić information content (AvgIpc) is 2.69. The van der Waals surface area contributed by atoms with E-state index < -0.39 is 10.0 Å². The molecule has 0 bridgehead atoms. The summed E-state index contributed by atoms with van der Waals surface area (Å²) in [6, 6.07) is 5.47. The normalized spacial score (nSPS) is 22.7. The van der Waals surface area contributed by atoms with Crippen LogP contribution < -0.4 is 10.2 Å². The Morgan fingerprint density at radius 3 is 2.59 bits per heavy atom. The molecule has 2 aliphatic rings. The van der Waals surface area contributed by atoms with Crippen molar-refractivity contribution in [2.75, 3.05) is 62.3 Å². The van der Waals surface area contributed by atoms with Crippen molar-refractivity contribution in [2.24, 2.45) is 5.92 Å². The third kappa shape index (κ3) is 6.07. The summed E-state index contributed by atoms with van der Waals surface area (Å²) in [7, 11) is -1.14. The van der Waals surface area contributed by atoms with E-state index in [0.717, 1.165) is 44.5 Å². The van der Waals surface area contributed by atoms with Gasteiger partial charge in [-0.2, -0.15) is 4.31 Å². The minimum atomic E-state index is -3.25. The molecule has 1 N–H and O–H groups in total. The molecule has 0 aromatic heterocycles. The van der Waals surface area contributed by atoms with E-state index in [0.29, 0.717) is 43.3 Å². The van der Waals surface area contributed by atoms with E-state index in [1.54, 1.807) is 10.4 Å². The number of amides is 1. The van der Waals surface area contributed by atoms with Crippen LogP contribution in [0.2, 0.25) is 5.02 Å². The van der Waals surface area contributed by atoms with Crippen molar-refractivity contribution < 1.29 is 13.2 Å². The van der Waals surface area contributed by atoms with Gasteiger partial charge in [-0.15, -0.1) is 0 Å². The second-order valence-electron chi connectivity index (χ2n) is 8.04. The summed E-state index contributed by atoms with van der Waals surface area (Å²) in [6.45, 7) is 4.28. The molecule has 29 heavy (non-hydrogen) atoms. The lowest BCUT2D eigenvalue weighted by atomic mass is 9.98. The van der Waals surface area contributed by atoms with Crippen LogP contribution in [0.4, 0.5) is 11.4 Å². The maximum absolute atomic E-state index is 13.0. The van der Waals surface area contributed by atoms with Crippen molar-refractivity contribution in [1.82, 2.24) is 9.21 Å². The van der Waals surface area contributed by atoms with Crippen LogP contribution in [-0.2, 0) is 14.8 Å². The second-order valence-corrected chi connectivity index (χ2v) is 10.5. The number of sulfonamides is 1. The van der Waals surface area contributed by atoms with Gasteiger partial charge in [0.25, 0.3) is 0 Å². The molecule has 1 aromatic carbocycles. The molecule has 2 aliphatic heterocycles. The summed E-state index contributed by atoms with van der Waals surface area (Å²) in [5.74, 6) is 0.504. The number of carbonyl (C=O) groups is 1. The summed E-state index contributed by atoms with van der Waals surface area (Å²) in [6.07, 6.45) is 4.81. The van der Waals surface area contributed by atoms with Crippen LogP contribution in [0.3, 0.4) is 0 Å². The Morgan fingerprint density at radius 2 is 1.86 bits per heavy atom. The fraction of sp³-hybridized carbons (Fsp3) is 0.650. The standard InChI is InChI=1S/C20H31ClN4O3S/c1-23-8-3-2-4-17(7-9-23)15-29(27,28)25-12-10-24(11-13-25)18-5-6-19(21)20(14-18)22-16-26/h5-6,14,16-17H,2-4,7-13,15H2,1H3,(H,22,26). The highest BCUT2D eigenvalue weighted by Crippen LogP contribution is 2.28. The molecular weight excluding hydrogens is 412 g/mol. The molecule has 0 spiro atoms. The van der Waals surface area contributed by atoms with Crippen molar-refractivity contribution in [2.45, 2.75) is 25.7 Å². The van der Waals surface area contributed by atoms with Gasteiger partial charge in [0, 0.05) is 31.9 Å². The average molecular weight is 443 g/mol. The Hall–Kier alpha value is -1.35. The monoisotopic (exact) mass is 442 g/mol. The summed E-state index contributed by atoms with van der Waals surface area (Å²) < 4.78 is 27.6. The Bertz CT molecular complexity index is 797. The summed E-state index contributed by atoms with van der Waals surface area (Å²) >= 11 is 6.09. The molecule has 2 fully saturated rings. The van der Waals surface area contributed by atoms with Gasteiger partial charge >= 0.3 is 0 Å². The fourth-order valence-electron chi connectivity index (χ4n) is 4.15. The third-order valence-corrected chi connectivity index (χ3v) is 8.30. The molecule has 2 saturated heterocycles. The molecular formula is C20H31ClN4O3S. The van der Waals surface area contributed by atoms with Crippen molar-refractivity contribution in [1.29, 1.82) is 0 Å². The number of benzene rings is 1. The molecule has 9 heteroatoms. The van der Waals surface area contributed by atoms with Crippen molar-refractivity contribution >= 4 is 39.4 Å². The van der Waals surface area contributed by atoms with Gasteiger partial charge in [0.05, 0.1) is 16.5 Å². The van der Waals surface area contributed by atoms with Crippen LogP contribution in [0.15, 0.2) is 18.2 Å². The number of piperazine rings is 1. The smallest absolute Gasteiger partial charge is 0.214 e. The Kier molecular flexibility index (Phi) is 7.79. The lowest BCUT2D eigenvalue weighted by Crippen LogP contribution is -2.50. The van der Waals surface area contributed by atoms with Crippen LogP contribution in [-0.4, -0.2) is 76.1 Å². The third-order valence-electron chi connectivity index (χ3n) is 5.93. The number of halogens is 1. The molecule has 0 aliphatic carbocycles. The van der Waals surface area contributed by atoms with Crippen molar-refractivity contribution in [3.05, 3.63) is 23.2 Å². The zero-order valence-corrected chi connectivity index (χ0v) is 18.6. The van der Waals surface area contributed by atoms with E-state index in [1.165, 1.54) is 0 Å². The van der Waals surface area contributed by atoms with Crippen LogP contribution in [0.5, 0.6) is 0 Å². The highest BCUT2D eigenvalue weighted by molar-refractivity contribution is 7.89.